The zero-order valence-corrected chi connectivity index (χ0v) is 9.53. The Morgan fingerprint density at radius 1 is 1.53 bits per heavy atom. The molecular weight excluding hydrogens is 224 g/mol. The Labute approximate surface area is 98.7 Å². The van der Waals surface area contributed by atoms with Gasteiger partial charge in [-0.25, -0.2) is 13.8 Å². The Balaban J connectivity index is 1.94. The first kappa shape index (κ1) is 11.8. The van der Waals surface area contributed by atoms with Crippen molar-refractivity contribution in [2.75, 3.05) is 5.32 Å². The van der Waals surface area contributed by atoms with Crippen LogP contribution >= 0.6 is 0 Å². The molecule has 1 aromatic rings. The second kappa shape index (κ2) is 4.69. The van der Waals surface area contributed by atoms with E-state index in [1.807, 2.05) is 31.2 Å². The standard InChI is InChI=1S/C12H15F2N3/c1-7-3-2-4-8(5-7)16-12(15)17-10-6-9(10)11(13)14/h2-5,9-11H,6H2,1H3,(H3,15,16,17)/t9-,10-/m0/s1. The largest absolute Gasteiger partial charge is 0.370 e. The summed E-state index contributed by atoms with van der Waals surface area (Å²) in [6, 6.07) is 7.30. The van der Waals surface area contributed by atoms with Crippen molar-refractivity contribution in [2.24, 2.45) is 16.6 Å². The SMILES string of the molecule is Cc1cccc(NC(N)=N[C@H]2C[C@@H]2C(F)F)c1. The summed E-state index contributed by atoms with van der Waals surface area (Å²) in [7, 11) is 0. The van der Waals surface area contributed by atoms with E-state index in [4.69, 9.17) is 5.73 Å². The minimum Gasteiger partial charge on any atom is -0.370 e. The summed E-state index contributed by atoms with van der Waals surface area (Å²) in [6.45, 7) is 1.96. The zero-order valence-electron chi connectivity index (χ0n) is 9.53. The number of hydrogen-bond acceptors (Lipinski definition) is 1. The van der Waals surface area contributed by atoms with Crippen molar-refractivity contribution in [2.45, 2.75) is 25.8 Å². The lowest BCUT2D eigenvalue weighted by Crippen LogP contribution is -2.23. The van der Waals surface area contributed by atoms with E-state index in [9.17, 15) is 8.78 Å². The Morgan fingerprint density at radius 3 is 2.88 bits per heavy atom. The van der Waals surface area contributed by atoms with E-state index in [2.05, 4.69) is 10.3 Å². The minimum atomic E-state index is -2.30. The predicted molar refractivity (Wildman–Crippen MR) is 64.3 cm³/mol. The first-order chi connectivity index (χ1) is 8.06. The number of anilines is 1. The number of nitrogens with one attached hydrogen (secondary N) is 1. The normalized spacial score (nSPS) is 23.9. The lowest BCUT2D eigenvalue weighted by Gasteiger charge is -2.06. The Bertz CT molecular complexity index is 432. The molecule has 0 amide bonds. The summed E-state index contributed by atoms with van der Waals surface area (Å²) < 4.78 is 24.5. The molecule has 0 spiro atoms. The number of halogens is 2. The van der Waals surface area contributed by atoms with Crippen LogP contribution in [0.1, 0.15) is 12.0 Å². The van der Waals surface area contributed by atoms with Crippen LogP contribution in [0.15, 0.2) is 29.3 Å². The maximum Gasteiger partial charge on any atom is 0.243 e. The van der Waals surface area contributed by atoms with E-state index in [-0.39, 0.29) is 12.0 Å². The molecule has 0 saturated heterocycles. The van der Waals surface area contributed by atoms with Gasteiger partial charge in [0.25, 0.3) is 0 Å². The van der Waals surface area contributed by atoms with E-state index in [1.54, 1.807) is 0 Å². The quantitative estimate of drug-likeness (QED) is 0.628. The molecule has 1 fully saturated rings. The number of guanidine groups is 1. The molecule has 5 heteroatoms. The summed E-state index contributed by atoms with van der Waals surface area (Å²) in [5, 5.41) is 2.90. The van der Waals surface area contributed by atoms with Crippen molar-refractivity contribution in [3.05, 3.63) is 29.8 Å². The maximum absolute atomic E-state index is 12.3. The molecular formula is C12H15F2N3. The van der Waals surface area contributed by atoms with Gasteiger partial charge in [-0.1, -0.05) is 12.1 Å². The molecule has 0 unspecified atom stereocenters. The molecule has 0 radical (unpaired) electrons. The molecule has 0 bridgehead atoms. The number of alkyl halides is 2. The number of hydrogen-bond donors (Lipinski definition) is 2. The fraction of sp³-hybridized carbons (Fsp3) is 0.417. The highest BCUT2D eigenvalue weighted by Crippen LogP contribution is 2.38. The van der Waals surface area contributed by atoms with Crippen LogP contribution in [0, 0.1) is 12.8 Å². The van der Waals surface area contributed by atoms with Crippen molar-refractivity contribution in [1.82, 2.24) is 0 Å². The Morgan fingerprint density at radius 2 is 2.29 bits per heavy atom. The molecule has 0 aromatic heterocycles. The molecule has 1 aromatic carbocycles. The molecule has 0 aliphatic heterocycles. The summed E-state index contributed by atoms with van der Waals surface area (Å²) in [5.41, 5.74) is 7.57. The van der Waals surface area contributed by atoms with E-state index in [0.717, 1.165) is 11.3 Å². The molecule has 2 rings (SSSR count). The molecule has 17 heavy (non-hydrogen) atoms. The van der Waals surface area contributed by atoms with Crippen molar-refractivity contribution in [3.63, 3.8) is 0 Å². The molecule has 1 saturated carbocycles. The lowest BCUT2D eigenvalue weighted by molar-refractivity contribution is 0.121. The van der Waals surface area contributed by atoms with Gasteiger partial charge in [-0.3, -0.25) is 0 Å². The third-order valence-corrected chi connectivity index (χ3v) is 2.72. The fourth-order valence-electron chi connectivity index (χ4n) is 1.70. The Kier molecular flexibility index (Phi) is 3.26. The Hall–Kier alpha value is -1.65. The smallest absolute Gasteiger partial charge is 0.243 e. The number of aryl methyl sites for hydroxylation is 1. The second-order valence-corrected chi connectivity index (χ2v) is 4.31. The number of benzene rings is 1. The second-order valence-electron chi connectivity index (χ2n) is 4.31. The summed E-state index contributed by atoms with van der Waals surface area (Å²) in [6.07, 6.45) is -1.87. The van der Waals surface area contributed by atoms with Gasteiger partial charge in [0.15, 0.2) is 5.96 Å². The van der Waals surface area contributed by atoms with Crippen molar-refractivity contribution >= 4 is 11.6 Å². The predicted octanol–water partition coefficient (Wildman–Crippen LogP) is 2.38. The van der Waals surface area contributed by atoms with Crippen LogP contribution in [0.5, 0.6) is 0 Å². The topological polar surface area (TPSA) is 50.4 Å². The van der Waals surface area contributed by atoms with Crippen LogP contribution in [-0.2, 0) is 0 Å². The zero-order chi connectivity index (χ0) is 12.4. The van der Waals surface area contributed by atoms with Crippen LogP contribution in [0.4, 0.5) is 14.5 Å². The number of nitrogens with zero attached hydrogens (tertiary/aromatic N) is 1. The van der Waals surface area contributed by atoms with Crippen molar-refractivity contribution in [3.8, 4) is 0 Å². The van der Waals surface area contributed by atoms with Crippen LogP contribution in [0.2, 0.25) is 0 Å². The molecule has 92 valence electrons. The van der Waals surface area contributed by atoms with Gasteiger partial charge in [-0.15, -0.1) is 0 Å². The number of nitrogens with two attached hydrogens (primary N) is 1. The monoisotopic (exact) mass is 239 g/mol. The third-order valence-electron chi connectivity index (χ3n) is 2.72. The highest BCUT2D eigenvalue weighted by Gasteiger charge is 2.44. The van der Waals surface area contributed by atoms with E-state index >= 15 is 0 Å². The van der Waals surface area contributed by atoms with Gasteiger partial charge >= 0.3 is 0 Å². The first-order valence-electron chi connectivity index (χ1n) is 5.51. The van der Waals surface area contributed by atoms with Crippen LogP contribution in [0.3, 0.4) is 0 Å². The summed E-state index contributed by atoms with van der Waals surface area (Å²) in [5.74, 6) is -0.420. The molecule has 3 N–H and O–H groups in total. The summed E-state index contributed by atoms with van der Waals surface area (Å²) >= 11 is 0. The highest BCUT2D eigenvalue weighted by molar-refractivity contribution is 5.92. The number of aliphatic imine (C=N–C) groups is 1. The molecule has 1 aliphatic rings. The fourth-order valence-corrected chi connectivity index (χ4v) is 1.70. The van der Waals surface area contributed by atoms with Crippen LogP contribution in [0.25, 0.3) is 0 Å². The van der Waals surface area contributed by atoms with Gasteiger partial charge in [0.05, 0.1) is 6.04 Å². The first-order valence-corrected chi connectivity index (χ1v) is 5.51. The molecule has 2 atom stereocenters. The van der Waals surface area contributed by atoms with Gasteiger partial charge in [-0.2, -0.15) is 0 Å². The van der Waals surface area contributed by atoms with Crippen LogP contribution in [-0.4, -0.2) is 18.4 Å². The minimum absolute atomic E-state index is 0.198. The molecule has 3 nitrogen and oxygen atoms in total. The average Bonchev–Trinajstić information content (AvgIpc) is 2.96. The van der Waals surface area contributed by atoms with E-state index in [0.29, 0.717) is 6.42 Å². The average molecular weight is 239 g/mol. The number of rotatable bonds is 3. The van der Waals surface area contributed by atoms with Gasteiger partial charge < -0.3 is 11.1 Å². The van der Waals surface area contributed by atoms with E-state index < -0.39 is 12.3 Å². The van der Waals surface area contributed by atoms with Gasteiger partial charge in [0.2, 0.25) is 6.43 Å². The van der Waals surface area contributed by atoms with Gasteiger partial charge in [-0.05, 0) is 31.0 Å². The van der Waals surface area contributed by atoms with Crippen molar-refractivity contribution in [1.29, 1.82) is 0 Å². The molecule has 1 aliphatic carbocycles. The van der Waals surface area contributed by atoms with Crippen molar-refractivity contribution < 1.29 is 8.78 Å². The van der Waals surface area contributed by atoms with E-state index in [1.165, 1.54) is 0 Å². The summed E-state index contributed by atoms with van der Waals surface area (Å²) in [4.78, 5) is 4.02. The third kappa shape index (κ3) is 3.15. The highest BCUT2D eigenvalue weighted by atomic mass is 19.3. The van der Waals surface area contributed by atoms with Gasteiger partial charge in [0, 0.05) is 11.6 Å². The van der Waals surface area contributed by atoms with Crippen LogP contribution < -0.4 is 11.1 Å². The maximum atomic E-state index is 12.3. The molecule has 0 heterocycles. The van der Waals surface area contributed by atoms with Gasteiger partial charge in [0.1, 0.15) is 0 Å². The lowest BCUT2D eigenvalue weighted by atomic mass is 10.2.